The van der Waals surface area contributed by atoms with Crippen molar-refractivity contribution in [3.8, 4) is 11.1 Å². The molecule has 0 bridgehead atoms. The molecule has 1 saturated carbocycles. The summed E-state index contributed by atoms with van der Waals surface area (Å²) in [5.41, 5.74) is 2.62. The molecular weight excluding hydrogens is 428 g/mol. The predicted octanol–water partition coefficient (Wildman–Crippen LogP) is 5.58. The number of ketones is 1. The molecule has 1 aromatic carbocycles. The lowest BCUT2D eigenvalue weighted by atomic mass is 9.86. The normalized spacial score (nSPS) is 14.3. The number of hydrogen-bond donors (Lipinski definition) is 1. The Morgan fingerprint density at radius 1 is 1.09 bits per heavy atom. The largest absolute Gasteiger partial charge is 0.478 e. The molecule has 4 rings (SSSR count). The second kappa shape index (κ2) is 11.2. The van der Waals surface area contributed by atoms with E-state index in [1.54, 1.807) is 6.20 Å². The summed E-state index contributed by atoms with van der Waals surface area (Å²) in [7, 11) is 0. The number of benzene rings is 1. The van der Waals surface area contributed by atoms with Gasteiger partial charge in [-0.1, -0.05) is 69.7 Å². The van der Waals surface area contributed by atoms with Gasteiger partial charge in [-0.15, -0.1) is 5.10 Å². The van der Waals surface area contributed by atoms with Gasteiger partial charge in [0.2, 0.25) is 11.6 Å². The maximum atomic E-state index is 12.9. The minimum atomic E-state index is -0.977. The van der Waals surface area contributed by atoms with Gasteiger partial charge in [-0.25, -0.2) is 14.5 Å². The van der Waals surface area contributed by atoms with Gasteiger partial charge in [0, 0.05) is 30.8 Å². The van der Waals surface area contributed by atoms with Crippen LogP contribution in [0.25, 0.3) is 11.1 Å². The number of Topliss-reactive ketones (excluding diaryl/α,β-unsaturated/α-hetero) is 1. The van der Waals surface area contributed by atoms with Gasteiger partial charge in [0.15, 0.2) is 0 Å². The van der Waals surface area contributed by atoms with Crippen molar-refractivity contribution in [2.75, 3.05) is 0 Å². The number of hydrogen-bond acceptors (Lipinski definition) is 5. The topological polar surface area (TPSA) is 98.0 Å². The van der Waals surface area contributed by atoms with Gasteiger partial charge < -0.3 is 5.11 Å². The van der Waals surface area contributed by atoms with Gasteiger partial charge in [-0.3, -0.25) is 9.78 Å². The lowest BCUT2D eigenvalue weighted by molar-refractivity contribution is 0.0697. The molecule has 0 atom stereocenters. The zero-order valence-electron chi connectivity index (χ0n) is 19.7. The van der Waals surface area contributed by atoms with Gasteiger partial charge >= 0.3 is 5.97 Å². The Bertz CT molecular complexity index is 1130. The summed E-state index contributed by atoms with van der Waals surface area (Å²) >= 11 is 0. The van der Waals surface area contributed by atoms with E-state index in [1.807, 2.05) is 28.9 Å². The highest BCUT2D eigenvalue weighted by Crippen LogP contribution is 2.27. The monoisotopic (exact) mass is 460 g/mol. The molecule has 178 valence electrons. The molecule has 2 heterocycles. The van der Waals surface area contributed by atoms with Crippen LogP contribution in [0.3, 0.4) is 0 Å². The van der Waals surface area contributed by atoms with Crippen molar-refractivity contribution in [3.05, 3.63) is 65.5 Å². The molecular formula is C27H32N4O3. The van der Waals surface area contributed by atoms with Crippen molar-refractivity contribution >= 4 is 11.8 Å². The average Bonchev–Trinajstić information content (AvgIpc) is 3.26. The zero-order chi connectivity index (χ0) is 23.9. The van der Waals surface area contributed by atoms with Crippen molar-refractivity contribution in [2.24, 2.45) is 5.92 Å². The minimum absolute atomic E-state index is 0.0523. The van der Waals surface area contributed by atoms with Gasteiger partial charge in [0.05, 0.1) is 12.1 Å². The van der Waals surface area contributed by atoms with E-state index in [2.05, 4.69) is 22.0 Å². The Balaban J connectivity index is 1.52. The molecule has 0 radical (unpaired) electrons. The fourth-order valence-corrected chi connectivity index (χ4v) is 4.66. The first kappa shape index (κ1) is 23.8. The number of aromatic carboxylic acids is 1. The summed E-state index contributed by atoms with van der Waals surface area (Å²) < 4.78 is 1.85. The van der Waals surface area contributed by atoms with Gasteiger partial charge in [-0.2, -0.15) is 0 Å². The first-order valence-electron chi connectivity index (χ1n) is 12.3. The zero-order valence-corrected chi connectivity index (χ0v) is 19.7. The van der Waals surface area contributed by atoms with E-state index in [-0.39, 0.29) is 11.3 Å². The fraction of sp³-hybridized carbons (Fsp3) is 0.444. The van der Waals surface area contributed by atoms with Crippen LogP contribution >= 0.6 is 0 Å². The van der Waals surface area contributed by atoms with Crippen molar-refractivity contribution in [2.45, 2.75) is 71.3 Å². The van der Waals surface area contributed by atoms with E-state index in [4.69, 9.17) is 0 Å². The number of carbonyl (C=O) groups excluding carboxylic acids is 1. The van der Waals surface area contributed by atoms with E-state index in [0.29, 0.717) is 30.3 Å². The highest BCUT2D eigenvalue weighted by molar-refractivity contribution is 5.95. The Kier molecular flexibility index (Phi) is 7.83. The number of nitrogens with zero attached hydrogens (tertiary/aromatic N) is 4. The second-order valence-electron chi connectivity index (χ2n) is 9.17. The first-order chi connectivity index (χ1) is 16.5. The number of aryl methyl sites for hydroxylation is 1. The summed E-state index contributed by atoms with van der Waals surface area (Å²) in [5, 5.41) is 14.1. The van der Waals surface area contributed by atoms with Crippen LogP contribution in [0, 0.1) is 5.92 Å². The summed E-state index contributed by atoms with van der Waals surface area (Å²) in [6.45, 7) is 2.65. The van der Waals surface area contributed by atoms with Crippen LogP contribution in [0.1, 0.15) is 90.7 Å². The summed E-state index contributed by atoms with van der Waals surface area (Å²) in [5.74, 6) is 0.725. The molecule has 7 nitrogen and oxygen atoms in total. The molecule has 34 heavy (non-hydrogen) atoms. The maximum absolute atomic E-state index is 12.9. The van der Waals surface area contributed by atoms with Crippen LogP contribution in [-0.4, -0.2) is 36.6 Å². The summed E-state index contributed by atoms with van der Waals surface area (Å²) in [4.78, 5) is 33.1. The Hall–Kier alpha value is -3.35. The average molecular weight is 461 g/mol. The number of pyridine rings is 1. The third-order valence-corrected chi connectivity index (χ3v) is 6.60. The van der Waals surface area contributed by atoms with Crippen LogP contribution in [0.5, 0.6) is 0 Å². The molecule has 0 aliphatic heterocycles. The quantitative estimate of drug-likeness (QED) is 0.397. The third-order valence-electron chi connectivity index (χ3n) is 6.60. The van der Waals surface area contributed by atoms with Crippen molar-refractivity contribution in [1.82, 2.24) is 19.7 Å². The predicted molar refractivity (Wildman–Crippen MR) is 130 cm³/mol. The van der Waals surface area contributed by atoms with E-state index in [1.165, 1.54) is 31.5 Å². The molecule has 0 saturated heterocycles. The lowest BCUT2D eigenvalue weighted by Gasteiger charge is -2.19. The molecule has 1 fully saturated rings. The van der Waals surface area contributed by atoms with Gasteiger partial charge in [0.25, 0.3) is 0 Å². The third kappa shape index (κ3) is 5.76. The molecule has 0 unspecified atom stereocenters. The number of unbranched alkanes of at least 4 members (excludes halogenated alkanes) is 1. The second-order valence-corrected chi connectivity index (χ2v) is 9.17. The van der Waals surface area contributed by atoms with E-state index < -0.39 is 5.97 Å². The summed E-state index contributed by atoms with van der Waals surface area (Å²) in [6, 6.07) is 9.23. The molecule has 1 aliphatic carbocycles. The number of carboxylic acids is 1. The van der Waals surface area contributed by atoms with Crippen LogP contribution in [0.2, 0.25) is 0 Å². The molecule has 7 heteroatoms. The summed E-state index contributed by atoms with van der Waals surface area (Å²) in [6.07, 6.45) is 12.4. The number of aromatic nitrogens is 4. The highest BCUT2D eigenvalue weighted by Gasteiger charge is 2.22. The SMILES string of the molecule is CCCCc1nc(C(=O)CC2CCCCC2)nn1Cc1ccc(-c2cnccc2C(=O)O)cc1. The molecule has 3 aromatic rings. The van der Waals surface area contributed by atoms with Crippen LogP contribution < -0.4 is 0 Å². The fourth-order valence-electron chi connectivity index (χ4n) is 4.66. The van der Waals surface area contributed by atoms with Crippen molar-refractivity contribution in [1.29, 1.82) is 0 Å². The maximum Gasteiger partial charge on any atom is 0.336 e. The van der Waals surface area contributed by atoms with Crippen molar-refractivity contribution in [3.63, 3.8) is 0 Å². The molecule has 0 amide bonds. The Morgan fingerprint density at radius 3 is 2.56 bits per heavy atom. The van der Waals surface area contributed by atoms with E-state index in [0.717, 1.165) is 49.1 Å². The van der Waals surface area contributed by atoms with Gasteiger partial charge in [-0.05, 0) is 29.5 Å². The Labute approximate surface area is 200 Å². The van der Waals surface area contributed by atoms with Crippen LogP contribution in [0.4, 0.5) is 0 Å². The molecule has 2 aromatic heterocycles. The standard InChI is InChI=1S/C27H32N4O3/c1-2-3-9-25-29-26(24(32)16-19-7-5-4-6-8-19)30-31(25)18-20-10-12-21(13-11-20)23-17-28-15-14-22(23)27(33)34/h10-15,17,19H,2-9,16,18H2,1H3,(H,33,34). The van der Waals surface area contributed by atoms with E-state index >= 15 is 0 Å². The Morgan fingerprint density at radius 2 is 1.85 bits per heavy atom. The number of carboxylic acid groups (broad SMARTS) is 1. The minimum Gasteiger partial charge on any atom is -0.478 e. The van der Waals surface area contributed by atoms with Crippen molar-refractivity contribution < 1.29 is 14.7 Å². The van der Waals surface area contributed by atoms with Gasteiger partial charge in [0.1, 0.15) is 5.82 Å². The first-order valence-corrected chi connectivity index (χ1v) is 12.3. The number of rotatable bonds is 10. The number of carbonyl (C=O) groups is 2. The molecule has 1 aliphatic rings. The highest BCUT2D eigenvalue weighted by atomic mass is 16.4. The molecule has 0 spiro atoms. The lowest BCUT2D eigenvalue weighted by Crippen LogP contribution is -2.13. The van der Waals surface area contributed by atoms with Crippen LogP contribution in [0.15, 0.2) is 42.7 Å². The van der Waals surface area contributed by atoms with Crippen LogP contribution in [-0.2, 0) is 13.0 Å². The smallest absolute Gasteiger partial charge is 0.336 e. The molecule has 1 N–H and O–H groups in total. The van der Waals surface area contributed by atoms with E-state index in [9.17, 15) is 14.7 Å².